The number of thiophene rings is 1. The van der Waals surface area contributed by atoms with Gasteiger partial charge in [-0.3, -0.25) is 0 Å². The lowest BCUT2D eigenvalue weighted by molar-refractivity contribution is 0.412. The van der Waals surface area contributed by atoms with Gasteiger partial charge in [0, 0.05) is 5.56 Å². The second-order valence-electron chi connectivity index (χ2n) is 3.42. The lowest BCUT2D eigenvalue weighted by Gasteiger charge is -2.12. The molecule has 2 rings (SSSR count). The van der Waals surface area contributed by atoms with Gasteiger partial charge in [0.15, 0.2) is 0 Å². The van der Waals surface area contributed by atoms with E-state index in [1.54, 1.807) is 30.6 Å². The van der Waals surface area contributed by atoms with Gasteiger partial charge in [0.2, 0.25) is 0 Å². The molecule has 0 radical (unpaired) electrons. The maximum Gasteiger partial charge on any atom is 0.128 e. The number of rotatable bonds is 3. The molecule has 0 saturated carbocycles. The third-order valence-corrected chi connectivity index (χ3v) is 3.14. The van der Waals surface area contributed by atoms with Gasteiger partial charge < -0.3 is 10.5 Å². The molecule has 0 spiro atoms. The van der Waals surface area contributed by atoms with E-state index in [1.165, 1.54) is 6.07 Å². The molecule has 0 unspecified atom stereocenters. The Morgan fingerprint density at radius 3 is 2.71 bits per heavy atom. The first-order valence-corrected chi connectivity index (χ1v) is 5.77. The third kappa shape index (κ3) is 2.97. The standard InChI is InChI=1S/C12H12FNOS.ClH/c1-15-9-2-3-11(13)10(6-9)12(14)8-4-5-16-7-8;/h2-7,12H,14H2,1H3;1H/t12-;/m0./s1. The van der Waals surface area contributed by atoms with Gasteiger partial charge in [-0.25, -0.2) is 4.39 Å². The lowest BCUT2D eigenvalue weighted by atomic mass is 10.0. The summed E-state index contributed by atoms with van der Waals surface area (Å²) < 4.78 is 18.7. The average Bonchev–Trinajstić information content (AvgIpc) is 2.82. The van der Waals surface area contributed by atoms with Crippen LogP contribution in [0.25, 0.3) is 0 Å². The highest BCUT2D eigenvalue weighted by Crippen LogP contribution is 2.26. The van der Waals surface area contributed by atoms with Crippen molar-refractivity contribution in [2.24, 2.45) is 5.73 Å². The van der Waals surface area contributed by atoms with Crippen molar-refractivity contribution >= 4 is 23.7 Å². The smallest absolute Gasteiger partial charge is 0.128 e. The molecule has 2 nitrogen and oxygen atoms in total. The zero-order valence-corrected chi connectivity index (χ0v) is 10.9. The zero-order chi connectivity index (χ0) is 11.5. The summed E-state index contributed by atoms with van der Waals surface area (Å²) in [7, 11) is 1.55. The molecule has 0 aliphatic carbocycles. The molecule has 2 aromatic rings. The monoisotopic (exact) mass is 273 g/mol. The minimum Gasteiger partial charge on any atom is -0.497 e. The van der Waals surface area contributed by atoms with Crippen LogP contribution in [0.3, 0.4) is 0 Å². The Balaban J connectivity index is 0.00000144. The molecule has 0 aliphatic rings. The molecule has 92 valence electrons. The molecular weight excluding hydrogens is 261 g/mol. The van der Waals surface area contributed by atoms with Crippen molar-refractivity contribution in [2.75, 3.05) is 7.11 Å². The van der Waals surface area contributed by atoms with Crippen LogP contribution in [0.5, 0.6) is 5.75 Å². The summed E-state index contributed by atoms with van der Waals surface area (Å²) in [4.78, 5) is 0. The van der Waals surface area contributed by atoms with Crippen LogP contribution < -0.4 is 10.5 Å². The van der Waals surface area contributed by atoms with E-state index in [0.717, 1.165) is 5.56 Å². The van der Waals surface area contributed by atoms with E-state index in [2.05, 4.69) is 0 Å². The summed E-state index contributed by atoms with van der Waals surface area (Å²) in [5.74, 6) is 0.307. The number of benzene rings is 1. The molecule has 1 atom stereocenters. The van der Waals surface area contributed by atoms with Crippen molar-refractivity contribution in [3.05, 3.63) is 52.0 Å². The zero-order valence-electron chi connectivity index (χ0n) is 9.22. The van der Waals surface area contributed by atoms with Crippen LogP contribution in [0.1, 0.15) is 17.2 Å². The van der Waals surface area contributed by atoms with Crippen molar-refractivity contribution in [3.8, 4) is 5.75 Å². The van der Waals surface area contributed by atoms with Gasteiger partial charge in [-0.2, -0.15) is 11.3 Å². The molecule has 5 heteroatoms. The highest BCUT2D eigenvalue weighted by Gasteiger charge is 2.14. The van der Waals surface area contributed by atoms with Gasteiger partial charge >= 0.3 is 0 Å². The first-order valence-electron chi connectivity index (χ1n) is 4.83. The number of ether oxygens (including phenoxy) is 1. The first-order chi connectivity index (χ1) is 7.72. The fourth-order valence-electron chi connectivity index (χ4n) is 1.52. The molecule has 0 bridgehead atoms. The first kappa shape index (κ1) is 14.0. The minimum absolute atomic E-state index is 0. The fourth-order valence-corrected chi connectivity index (χ4v) is 2.22. The summed E-state index contributed by atoms with van der Waals surface area (Å²) >= 11 is 1.54. The summed E-state index contributed by atoms with van der Waals surface area (Å²) in [6, 6.07) is 6.05. The van der Waals surface area contributed by atoms with Crippen molar-refractivity contribution in [2.45, 2.75) is 6.04 Å². The molecule has 0 fully saturated rings. The highest BCUT2D eigenvalue weighted by molar-refractivity contribution is 7.08. The van der Waals surface area contributed by atoms with Crippen LogP contribution >= 0.6 is 23.7 Å². The summed E-state index contributed by atoms with van der Waals surface area (Å²) in [5, 5.41) is 3.84. The SMILES string of the molecule is COc1ccc(F)c([C@@H](N)c2ccsc2)c1.Cl. The number of hydrogen-bond donors (Lipinski definition) is 1. The number of methoxy groups -OCH3 is 1. The van der Waals surface area contributed by atoms with Crippen LogP contribution in [0.2, 0.25) is 0 Å². The Bertz CT molecular complexity index is 475. The van der Waals surface area contributed by atoms with Crippen LogP contribution in [-0.4, -0.2) is 7.11 Å². The second-order valence-corrected chi connectivity index (χ2v) is 4.20. The fraction of sp³-hybridized carbons (Fsp3) is 0.167. The van der Waals surface area contributed by atoms with Gasteiger partial charge in [-0.15, -0.1) is 12.4 Å². The van der Waals surface area contributed by atoms with E-state index < -0.39 is 6.04 Å². The van der Waals surface area contributed by atoms with Crippen molar-refractivity contribution < 1.29 is 9.13 Å². The largest absolute Gasteiger partial charge is 0.497 e. The normalized spacial score (nSPS) is 11.7. The Hall–Kier alpha value is -1.10. The van der Waals surface area contributed by atoms with Crippen molar-refractivity contribution in [1.29, 1.82) is 0 Å². The predicted octanol–water partition coefficient (Wildman–Crippen LogP) is 3.37. The molecule has 0 saturated heterocycles. The maximum absolute atomic E-state index is 13.6. The molecule has 0 aliphatic heterocycles. The second kappa shape index (κ2) is 6.00. The number of nitrogens with two attached hydrogens (primary N) is 1. The molecule has 2 N–H and O–H groups in total. The molecule has 17 heavy (non-hydrogen) atoms. The van der Waals surface area contributed by atoms with Gasteiger partial charge in [-0.05, 0) is 40.6 Å². The average molecular weight is 274 g/mol. The topological polar surface area (TPSA) is 35.2 Å². The van der Waals surface area contributed by atoms with E-state index in [9.17, 15) is 4.39 Å². The molecule has 1 aromatic heterocycles. The van der Waals surface area contributed by atoms with E-state index in [-0.39, 0.29) is 18.2 Å². The Kier molecular flexibility index (Phi) is 4.93. The van der Waals surface area contributed by atoms with Crippen molar-refractivity contribution in [1.82, 2.24) is 0 Å². The van der Waals surface area contributed by atoms with Gasteiger partial charge in [0.25, 0.3) is 0 Å². The highest BCUT2D eigenvalue weighted by atomic mass is 35.5. The Morgan fingerprint density at radius 2 is 2.12 bits per heavy atom. The number of halogens is 2. The molecule has 1 aromatic carbocycles. The summed E-state index contributed by atoms with van der Waals surface area (Å²) in [5.41, 5.74) is 7.37. The van der Waals surface area contributed by atoms with Crippen LogP contribution in [0, 0.1) is 5.82 Å². The predicted molar refractivity (Wildman–Crippen MR) is 70.5 cm³/mol. The van der Waals surface area contributed by atoms with E-state index >= 15 is 0 Å². The quantitative estimate of drug-likeness (QED) is 0.931. The van der Waals surface area contributed by atoms with E-state index in [1.807, 2.05) is 16.8 Å². The van der Waals surface area contributed by atoms with Crippen LogP contribution in [0.4, 0.5) is 4.39 Å². The van der Waals surface area contributed by atoms with Gasteiger partial charge in [-0.1, -0.05) is 0 Å². The lowest BCUT2D eigenvalue weighted by Crippen LogP contribution is -2.12. The van der Waals surface area contributed by atoms with E-state index in [4.69, 9.17) is 10.5 Å². The Morgan fingerprint density at radius 1 is 1.35 bits per heavy atom. The van der Waals surface area contributed by atoms with Gasteiger partial charge in [0.1, 0.15) is 11.6 Å². The van der Waals surface area contributed by atoms with Crippen LogP contribution in [-0.2, 0) is 0 Å². The molecule has 0 amide bonds. The molecule has 1 heterocycles. The number of hydrogen-bond acceptors (Lipinski definition) is 3. The van der Waals surface area contributed by atoms with Crippen LogP contribution in [0.15, 0.2) is 35.0 Å². The van der Waals surface area contributed by atoms with E-state index in [0.29, 0.717) is 11.3 Å². The maximum atomic E-state index is 13.6. The summed E-state index contributed by atoms with van der Waals surface area (Å²) in [6.45, 7) is 0. The molecular formula is C12H13ClFNOS. The van der Waals surface area contributed by atoms with Crippen molar-refractivity contribution in [3.63, 3.8) is 0 Å². The Labute approximate surface area is 110 Å². The van der Waals surface area contributed by atoms with Gasteiger partial charge in [0.05, 0.1) is 13.2 Å². The third-order valence-electron chi connectivity index (χ3n) is 2.44. The summed E-state index contributed by atoms with van der Waals surface area (Å²) in [6.07, 6.45) is 0. The minimum atomic E-state index is -0.443.